The van der Waals surface area contributed by atoms with E-state index in [9.17, 15) is 4.39 Å². The summed E-state index contributed by atoms with van der Waals surface area (Å²) in [6.45, 7) is 3.25. The molecule has 2 aromatic rings. The van der Waals surface area contributed by atoms with E-state index in [4.69, 9.17) is 0 Å². The Morgan fingerprint density at radius 3 is 2.56 bits per heavy atom. The molecule has 1 aromatic heterocycles. The minimum Gasteiger partial charge on any atom is -0.356 e. The molecule has 1 fully saturated rings. The van der Waals surface area contributed by atoms with E-state index in [0.717, 1.165) is 29.8 Å². The number of nitrogens with one attached hydrogen (secondary N) is 2. The molecule has 0 unspecified atom stereocenters. The number of halogens is 2. The molecule has 0 atom stereocenters. The lowest BCUT2D eigenvalue weighted by Crippen LogP contribution is -2.41. The molecule has 134 valence electrons. The van der Waals surface area contributed by atoms with Crippen LogP contribution in [0.2, 0.25) is 0 Å². The topological polar surface area (TPSA) is 49.3 Å². The number of pyridine rings is 1. The Hall–Kier alpha value is -1.70. The molecule has 4 nitrogen and oxygen atoms in total. The van der Waals surface area contributed by atoms with Crippen LogP contribution in [0, 0.1) is 12.7 Å². The standard InChI is InChI=1S/C19H23FN4.HI/c1-14-6-5-7-15(24-14)12-22-18(21-2)23-13-19(10-11-19)16-8-3-4-9-17(16)20;/h3-9H,10-13H2,1-2H3,(H2,21,22,23);1H. The molecule has 0 bridgehead atoms. The lowest BCUT2D eigenvalue weighted by Gasteiger charge is -2.19. The molecule has 0 aliphatic heterocycles. The first-order valence-corrected chi connectivity index (χ1v) is 8.25. The molecule has 3 rings (SSSR count). The Morgan fingerprint density at radius 1 is 1.16 bits per heavy atom. The Bertz CT molecular complexity index is 744. The average molecular weight is 454 g/mol. The zero-order valence-electron chi connectivity index (χ0n) is 14.6. The van der Waals surface area contributed by atoms with Crippen molar-refractivity contribution in [2.24, 2.45) is 4.99 Å². The van der Waals surface area contributed by atoms with Gasteiger partial charge in [-0.05, 0) is 43.5 Å². The van der Waals surface area contributed by atoms with Crippen LogP contribution >= 0.6 is 24.0 Å². The summed E-state index contributed by atoms with van der Waals surface area (Å²) in [7, 11) is 1.74. The van der Waals surface area contributed by atoms with Crippen molar-refractivity contribution in [1.29, 1.82) is 0 Å². The number of aryl methyl sites for hydroxylation is 1. The van der Waals surface area contributed by atoms with Crippen LogP contribution in [-0.2, 0) is 12.0 Å². The largest absolute Gasteiger partial charge is 0.356 e. The molecule has 0 spiro atoms. The van der Waals surface area contributed by atoms with Gasteiger partial charge in [-0.2, -0.15) is 0 Å². The van der Waals surface area contributed by atoms with Gasteiger partial charge in [0.25, 0.3) is 0 Å². The van der Waals surface area contributed by atoms with Crippen molar-refractivity contribution in [3.63, 3.8) is 0 Å². The van der Waals surface area contributed by atoms with E-state index in [2.05, 4.69) is 20.6 Å². The predicted octanol–water partition coefficient (Wildman–Crippen LogP) is 3.54. The van der Waals surface area contributed by atoms with E-state index >= 15 is 0 Å². The SMILES string of the molecule is CN=C(NCc1cccc(C)n1)NCC1(c2ccccc2F)CC1.I. The van der Waals surface area contributed by atoms with Gasteiger partial charge < -0.3 is 10.6 Å². The van der Waals surface area contributed by atoms with Crippen LogP contribution in [-0.4, -0.2) is 24.5 Å². The highest BCUT2D eigenvalue weighted by Gasteiger charge is 2.45. The third-order valence-corrected chi connectivity index (χ3v) is 4.50. The Kier molecular flexibility index (Phi) is 6.75. The summed E-state index contributed by atoms with van der Waals surface area (Å²) in [5, 5.41) is 6.59. The zero-order chi connectivity index (χ0) is 17.0. The molecule has 1 heterocycles. The maximum Gasteiger partial charge on any atom is 0.191 e. The second-order valence-corrected chi connectivity index (χ2v) is 6.31. The fourth-order valence-electron chi connectivity index (χ4n) is 2.93. The number of hydrogen-bond acceptors (Lipinski definition) is 2. The maximum atomic E-state index is 14.1. The number of hydrogen-bond donors (Lipinski definition) is 2. The molecule has 0 amide bonds. The van der Waals surface area contributed by atoms with Crippen molar-refractivity contribution in [1.82, 2.24) is 15.6 Å². The van der Waals surface area contributed by atoms with E-state index < -0.39 is 0 Å². The van der Waals surface area contributed by atoms with Gasteiger partial charge in [-0.3, -0.25) is 9.98 Å². The first-order chi connectivity index (χ1) is 11.6. The van der Waals surface area contributed by atoms with Gasteiger partial charge in [-0.1, -0.05) is 24.3 Å². The van der Waals surface area contributed by atoms with Gasteiger partial charge in [0.15, 0.2) is 5.96 Å². The molecular weight excluding hydrogens is 430 g/mol. The third-order valence-electron chi connectivity index (χ3n) is 4.50. The van der Waals surface area contributed by atoms with Crippen LogP contribution in [0.3, 0.4) is 0 Å². The number of aliphatic imine (C=N–C) groups is 1. The highest BCUT2D eigenvalue weighted by Crippen LogP contribution is 2.48. The maximum absolute atomic E-state index is 14.1. The second-order valence-electron chi connectivity index (χ2n) is 6.31. The van der Waals surface area contributed by atoms with Crippen LogP contribution in [0.4, 0.5) is 4.39 Å². The van der Waals surface area contributed by atoms with Crippen LogP contribution in [0.25, 0.3) is 0 Å². The first-order valence-electron chi connectivity index (χ1n) is 8.25. The summed E-state index contributed by atoms with van der Waals surface area (Å²) in [5.74, 6) is 0.588. The zero-order valence-corrected chi connectivity index (χ0v) is 16.9. The highest BCUT2D eigenvalue weighted by atomic mass is 127. The second kappa shape index (κ2) is 8.60. The van der Waals surface area contributed by atoms with Crippen molar-refractivity contribution < 1.29 is 4.39 Å². The van der Waals surface area contributed by atoms with Crippen molar-refractivity contribution in [3.05, 3.63) is 65.2 Å². The number of aromatic nitrogens is 1. The van der Waals surface area contributed by atoms with E-state index in [1.54, 1.807) is 13.1 Å². The molecule has 1 aliphatic rings. The molecular formula is C19H24FIN4. The van der Waals surface area contributed by atoms with Gasteiger partial charge in [0.05, 0.1) is 12.2 Å². The summed E-state index contributed by atoms with van der Waals surface area (Å²) in [4.78, 5) is 8.71. The molecule has 2 N–H and O–H groups in total. The average Bonchev–Trinajstić information content (AvgIpc) is 3.36. The van der Waals surface area contributed by atoms with E-state index in [1.165, 1.54) is 6.07 Å². The predicted molar refractivity (Wildman–Crippen MR) is 110 cm³/mol. The number of benzene rings is 1. The minimum absolute atomic E-state index is 0. The Balaban J connectivity index is 0.00000225. The third kappa shape index (κ3) is 4.90. The van der Waals surface area contributed by atoms with Crippen molar-refractivity contribution in [2.75, 3.05) is 13.6 Å². The minimum atomic E-state index is -0.122. The fraction of sp³-hybridized carbons (Fsp3) is 0.368. The van der Waals surface area contributed by atoms with Crippen LogP contribution in [0.5, 0.6) is 0 Å². The molecule has 0 radical (unpaired) electrons. The van der Waals surface area contributed by atoms with Crippen LogP contribution < -0.4 is 10.6 Å². The molecule has 0 saturated heterocycles. The highest BCUT2D eigenvalue weighted by molar-refractivity contribution is 14.0. The molecule has 25 heavy (non-hydrogen) atoms. The van der Waals surface area contributed by atoms with Crippen molar-refractivity contribution in [2.45, 2.75) is 31.7 Å². The molecule has 6 heteroatoms. The lowest BCUT2D eigenvalue weighted by molar-refractivity contribution is 0.559. The van der Waals surface area contributed by atoms with Gasteiger partial charge in [-0.25, -0.2) is 4.39 Å². The first kappa shape index (κ1) is 19.6. The van der Waals surface area contributed by atoms with Gasteiger partial charge >= 0.3 is 0 Å². The van der Waals surface area contributed by atoms with E-state index in [-0.39, 0.29) is 35.2 Å². The van der Waals surface area contributed by atoms with Gasteiger partial charge in [0.1, 0.15) is 5.82 Å². The summed E-state index contributed by atoms with van der Waals surface area (Å²) < 4.78 is 14.1. The fourth-order valence-corrected chi connectivity index (χ4v) is 2.93. The van der Waals surface area contributed by atoms with Gasteiger partial charge in [0, 0.05) is 24.7 Å². The van der Waals surface area contributed by atoms with Crippen molar-refractivity contribution >= 4 is 29.9 Å². The number of nitrogens with zero attached hydrogens (tertiary/aromatic N) is 2. The van der Waals surface area contributed by atoms with Gasteiger partial charge in [-0.15, -0.1) is 24.0 Å². The molecule has 1 saturated carbocycles. The quantitative estimate of drug-likeness (QED) is 0.413. The summed E-state index contributed by atoms with van der Waals surface area (Å²) in [6, 6.07) is 13.0. The van der Waals surface area contributed by atoms with E-state index in [0.29, 0.717) is 19.0 Å². The Labute approximate surface area is 165 Å². The molecule has 1 aliphatic carbocycles. The molecule has 1 aromatic carbocycles. The van der Waals surface area contributed by atoms with Crippen LogP contribution in [0.15, 0.2) is 47.5 Å². The van der Waals surface area contributed by atoms with Crippen molar-refractivity contribution in [3.8, 4) is 0 Å². The number of rotatable bonds is 5. The monoisotopic (exact) mass is 454 g/mol. The lowest BCUT2D eigenvalue weighted by atomic mass is 9.95. The number of guanidine groups is 1. The summed E-state index contributed by atoms with van der Waals surface area (Å²) in [5.41, 5.74) is 2.65. The Morgan fingerprint density at radius 2 is 1.92 bits per heavy atom. The normalized spacial score (nSPS) is 15.2. The smallest absolute Gasteiger partial charge is 0.191 e. The summed E-state index contributed by atoms with van der Waals surface area (Å²) in [6.07, 6.45) is 1.99. The van der Waals surface area contributed by atoms with Gasteiger partial charge in [0.2, 0.25) is 0 Å². The summed E-state index contributed by atoms with van der Waals surface area (Å²) >= 11 is 0. The van der Waals surface area contributed by atoms with E-state index in [1.807, 2.05) is 37.3 Å². The van der Waals surface area contributed by atoms with Crippen LogP contribution in [0.1, 0.15) is 29.8 Å².